The maximum absolute atomic E-state index is 13.8. The van der Waals surface area contributed by atoms with Crippen LogP contribution < -0.4 is 0 Å². The average Bonchev–Trinajstić information content (AvgIpc) is 3.79. The van der Waals surface area contributed by atoms with E-state index in [4.69, 9.17) is 18.5 Å². The minimum absolute atomic E-state index is 0. The van der Waals surface area contributed by atoms with Crippen LogP contribution in [0.4, 0.5) is 4.39 Å². The molecule has 0 bridgehead atoms. The van der Waals surface area contributed by atoms with Crippen LogP contribution >= 0.6 is 0 Å². The van der Waals surface area contributed by atoms with E-state index in [0.717, 1.165) is 61.6 Å². The zero-order valence-corrected chi connectivity index (χ0v) is 34.1. The molecule has 0 amide bonds. The van der Waals surface area contributed by atoms with Gasteiger partial charge in [-0.15, -0.1) is 42.0 Å². The Morgan fingerprint density at radius 2 is 1.48 bits per heavy atom. The van der Waals surface area contributed by atoms with E-state index in [1.807, 2.05) is 49.5 Å². The van der Waals surface area contributed by atoms with Crippen molar-refractivity contribution < 1.29 is 33.0 Å². The molecule has 5 nitrogen and oxygen atoms in total. The molecule has 9 aromatic rings. The summed E-state index contributed by atoms with van der Waals surface area (Å²) in [5, 5.41) is 2.15. The molecule has 0 aliphatic rings. The summed E-state index contributed by atoms with van der Waals surface area (Å²) in [7, 11) is 0. The Morgan fingerprint density at radius 3 is 2.18 bits per heavy atom. The Labute approximate surface area is 344 Å². The van der Waals surface area contributed by atoms with Gasteiger partial charge in [-0.25, -0.2) is 4.98 Å². The zero-order chi connectivity index (χ0) is 40.7. The standard InChI is InChI=1S/C36H30N3O.C13H11FN.Ir/c1-22(2)26-15-10-16-27(23(3)4)33(26)39-31-20-25(24-12-6-5-7-13-24)21-37-35(31)38-36(39)30-18-11-17-29-28-14-8-9-19-32(28)40-34(29)30;1-9-3-5-11(12(14)7-9)13-6-4-10(2)8-15-13;/h5-17,19-23H,1-4H3;3-4,6-8H,1-2H3;/q2*-1;/i;1D3;. The Kier molecular flexibility index (Phi) is 10.0. The molecule has 4 heterocycles. The van der Waals surface area contributed by atoms with Crippen LogP contribution in [0.2, 0.25) is 0 Å². The number of benzene rings is 5. The Bertz CT molecular complexity index is 2890. The molecule has 0 unspecified atom stereocenters. The summed E-state index contributed by atoms with van der Waals surface area (Å²) in [5.74, 6) is 0.790. The molecule has 0 aliphatic heterocycles. The van der Waals surface area contributed by atoms with Crippen molar-refractivity contribution in [1.29, 1.82) is 0 Å². The second-order valence-corrected chi connectivity index (χ2v) is 14.3. The fourth-order valence-corrected chi connectivity index (χ4v) is 7.05. The molecule has 5 aromatic carbocycles. The number of fused-ring (bicyclic) bond motifs is 4. The summed E-state index contributed by atoms with van der Waals surface area (Å²) in [6.07, 6.45) is 3.54. The molecular formula is C49H41FIrN4O-2. The van der Waals surface area contributed by atoms with E-state index < -0.39 is 12.7 Å². The minimum Gasteiger partial charge on any atom is -0.501 e. The number of imidazole rings is 1. The van der Waals surface area contributed by atoms with E-state index in [-0.39, 0.29) is 31.2 Å². The SMILES string of the molecule is CC(C)c1cccc(C(C)C)c1-n1c(-c2[c-]ccc3c2oc2ccccc23)nc2ncc(-c3ccccc3)cc21.[2H]C([2H])([2H])c1c[c-]c(-c2ccc(C)cn2)c(F)c1.[Ir]. The topological polar surface area (TPSA) is 56.7 Å². The van der Waals surface area contributed by atoms with Crippen molar-refractivity contribution in [2.24, 2.45) is 0 Å². The number of nitrogens with zero attached hydrogens (tertiary/aromatic N) is 4. The first-order chi connectivity index (χ1) is 27.9. The second kappa shape index (κ2) is 16.2. The number of aryl methyl sites for hydroxylation is 2. The monoisotopic (exact) mass is 916 g/mol. The zero-order valence-electron chi connectivity index (χ0n) is 34.7. The van der Waals surface area contributed by atoms with Gasteiger partial charge in [0.15, 0.2) is 5.65 Å². The van der Waals surface area contributed by atoms with Crippen molar-refractivity contribution in [3.8, 4) is 39.5 Å². The van der Waals surface area contributed by atoms with Crippen molar-refractivity contribution in [3.05, 3.63) is 168 Å². The molecular weight excluding hydrogens is 872 g/mol. The molecule has 9 rings (SSSR count). The van der Waals surface area contributed by atoms with Crippen LogP contribution in [-0.2, 0) is 20.1 Å². The van der Waals surface area contributed by atoms with Gasteiger partial charge in [0.2, 0.25) is 0 Å². The van der Waals surface area contributed by atoms with Gasteiger partial charge in [-0.3, -0.25) is 9.37 Å². The normalized spacial score (nSPS) is 12.3. The van der Waals surface area contributed by atoms with E-state index in [0.29, 0.717) is 23.2 Å². The minimum atomic E-state index is -2.32. The number of para-hydroxylation sites is 2. The number of hydrogen-bond donors (Lipinski definition) is 0. The number of pyridine rings is 2. The summed E-state index contributed by atoms with van der Waals surface area (Å²) in [6, 6.07) is 43.4. The summed E-state index contributed by atoms with van der Waals surface area (Å²) in [5.41, 5.74) is 11.6. The third kappa shape index (κ3) is 7.33. The first kappa shape index (κ1) is 34.7. The molecule has 0 saturated heterocycles. The van der Waals surface area contributed by atoms with Crippen molar-refractivity contribution >= 4 is 33.1 Å². The van der Waals surface area contributed by atoms with E-state index in [9.17, 15) is 4.39 Å². The van der Waals surface area contributed by atoms with Crippen LogP contribution in [0, 0.1) is 31.7 Å². The van der Waals surface area contributed by atoms with E-state index in [1.54, 1.807) is 12.3 Å². The molecule has 1 radical (unpaired) electrons. The fraction of sp³-hybridized carbons (Fsp3) is 0.163. The van der Waals surface area contributed by atoms with Crippen molar-refractivity contribution in [3.63, 3.8) is 0 Å². The van der Waals surface area contributed by atoms with Crippen molar-refractivity contribution in [2.75, 3.05) is 0 Å². The Morgan fingerprint density at radius 1 is 0.732 bits per heavy atom. The largest absolute Gasteiger partial charge is 0.501 e. The average molecular weight is 916 g/mol. The number of rotatable bonds is 6. The quantitative estimate of drug-likeness (QED) is 0.156. The molecule has 0 saturated carbocycles. The maximum atomic E-state index is 13.8. The summed E-state index contributed by atoms with van der Waals surface area (Å²) in [6.45, 7) is 8.57. The van der Waals surface area contributed by atoms with Crippen molar-refractivity contribution in [1.82, 2.24) is 19.5 Å². The molecule has 56 heavy (non-hydrogen) atoms. The summed E-state index contributed by atoms with van der Waals surface area (Å²) >= 11 is 0. The molecule has 0 fully saturated rings. The van der Waals surface area contributed by atoms with E-state index in [2.05, 4.69) is 110 Å². The number of aromatic nitrogens is 4. The smallest absolute Gasteiger partial charge is 0.168 e. The summed E-state index contributed by atoms with van der Waals surface area (Å²) in [4.78, 5) is 14.2. The number of hydrogen-bond acceptors (Lipinski definition) is 4. The predicted octanol–water partition coefficient (Wildman–Crippen LogP) is 13.0. The first-order valence-corrected chi connectivity index (χ1v) is 18.4. The van der Waals surface area contributed by atoms with Gasteiger partial charge in [0.25, 0.3) is 0 Å². The van der Waals surface area contributed by atoms with Crippen LogP contribution in [0.3, 0.4) is 0 Å². The number of furan rings is 1. The van der Waals surface area contributed by atoms with Gasteiger partial charge in [-0.05, 0) is 58.8 Å². The second-order valence-electron chi connectivity index (χ2n) is 14.3. The van der Waals surface area contributed by atoms with Crippen LogP contribution in [-0.4, -0.2) is 19.5 Å². The van der Waals surface area contributed by atoms with E-state index in [1.165, 1.54) is 22.9 Å². The van der Waals surface area contributed by atoms with Gasteiger partial charge in [0.1, 0.15) is 5.58 Å². The van der Waals surface area contributed by atoms with Gasteiger partial charge >= 0.3 is 0 Å². The fourth-order valence-electron chi connectivity index (χ4n) is 7.05. The van der Waals surface area contributed by atoms with Crippen LogP contribution in [0.5, 0.6) is 0 Å². The molecule has 0 spiro atoms. The van der Waals surface area contributed by atoms with Crippen molar-refractivity contribution in [2.45, 2.75) is 53.3 Å². The summed E-state index contributed by atoms with van der Waals surface area (Å²) < 4.78 is 44.2. The van der Waals surface area contributed by atoms with Gasteiger partial charge in [-0.1, -0.05) is 130 Å². The Hall–Kier alpha value is -5.75. The maximum Gasteiger partial charge on any atom is 0.168 e. The number of halogens is 1. The Balaban J connectivity index is 0.000000234. The molecule has 4 aromatic heterocycles. The van der Waals surface area contributed by atoms with E-state index >= 15 is 0 Å². The van der Waals surface area contributed by atoms with Gasteiger partial charge in [0, 0.05) is 59.1 Å². The third-order valence-corrected chi connectivity index (χ3v) is 9.81. The van der Waals surface area contributed by atoms with Gasteiger partial charge in [0.05, 0.1) is 16.9 Å². The molecule has 7 heteroatoms. The molecule has 0 N–H and O–H groups in total. The van der Waals surface area contributed by atoms with Gasteiger partial charge < -0.3 is 14.0 Å². The third-order valence-electron chi connectivity index (χ3n) is 9.81. The molecule has 281 valence electrons. The first-order valence-electron chi connectivity index (χ1n) is 19.9. The predicted molar refractivity (Wildman–Crippen MR) is 222 cm³/mol. The van der Waals surface area contributed by atoms with Crippen LogP contribution in [0.1, 0.15) is 65.9 Å². The van der Waals surface area contributed by atoms with Gasteiger partial charge in [-0.2, -0.15) is 0 Å². The van der Waals surface area contributed by atoms with Crippen LogP contribution in [0.25, 0.3) is 72.6 Å². The van der Waals surface area contributed by atoms with Crippen LogP contribution in [0.15, 0.2) is 132 Å². The molecule has 0 atom stereocenters. The molecule has 0 aliphatic carbocycles.